The largest absolute Gasteiger partial charge is 0.303 e. The lowest BCUT2D eigenvalue weighted by molar-refractivity contribution is -0.122. The Labute approximate surface area is 154 Å². The van der Waals surface area contributed by atoms with Gasteiger partial charge in [-0.15, -0.1) is 0 Å². The van der Waals surface area contributed by atoms with Crippen molar-refractivity contribution in [2.75, 3.05) is 19.6 Å². The molecule has 0 amide bonds. The number of carbonyl (C=O) groups is 1. The molecule has 0 aromatic carbocycles. The highest BCUT2D eigenvalue weighted by molar-refractivity contribution is 5.80. The second-order valence-electron chi connectivity index (χ2n) is 8.09. The van der Waals surface area contributed by atoms with E-state index < -0.39 is 0 Å². The van der Waals surface area contributed by atoms with Gasteiger partial charge in [0.1, 0.15) is 5.78 Å². The standard InChI is InChI=1S/C21H37N3O/c1-5-8-18(4)19-15-22-24(16-19)20-10-13-23(14-11-20)12-7-6-9-21(25)17(2)3/h15-18,20H,5-14H2,1-4H3. The quantitative estimate of drug-likeness (QED) is 0.570. The number of likely N-dealkylation sites (tertiary alicyclic amines) is 1. The molecule has 1 aromatic rings. The molecule has 0 N–H and O–H groups in total. The molecule has 0 aliphatic carbocycles. The summed E-state index contributed by atoms with van der Waals surface area (Å²) in [5, 5.41) is 4.64. The molecule has 1 aromatic heterocycles. The minimum Gasteiger partial charge on any atom is -0.303 e. The number of hydrogen-bond acceptors (Lipinski definition) is 3. The summed E-state index contributed by atoms with van der Waals surface area (Å²) in [6.45, 7) is 12.0. The van der Waals surface area contributed by atoms with E-state index in [0.717, 1.165) is 38.9 Å². The molecular formula is C21H37N3O. The van der Waals surface area contributed by atoms with Crippen LogP contribution in [-0.4, -0.2) is 40.1 Å². The molecule has 1 aliphatic rings. The first-order chi connectivity index (χ1) is 12.0. The molecule has 0 radical (unpaired) electrons. The third-order valence-corrected chi connectivity index (χ3v) is 5.63. The molecule has 1 saturated heterocycles. The van der Waals surface area contributed by atoms with Crippen molar-refractivity contribution >= 4 is 5.78 Å². The molecular weight excluding hydrogens is 310 g/mol. The topological polar surface area (TPSA) is 38.1 Å². The second-order valence-corrected chi connectivity index (χ2v) is 8.09. The van der Waals surface area contributed by atoms with Gasteiger partial charge in [0, 0.05) is 31.6 Å². The Bertz CT molecular complexity index is 515. The van der Waals surface area contributed by atoms with Crippen LogP contribution in [0.5, 0.6) is 0 Å². The Kier molecular flexibility index (Phi) is 8.14. The van der Waals surface area contributed by atoms with E-state index in [1.807, 2.05) is 13.8 Å². The lowest BCUT2D eigenvalue weighted by atomic mass is 10.00. The fraction of sp³-hybridized carbons (Fsp3) is 0.810. The molecule has 1 aliphatic heterocycles. The number of unbranched alkanes of at least 4 members (excludes halogenated alkanes) is 1. The summed E-state index contributed by atoms with van der Waals surface area (Å²) in [7, 11) is 0. The normalized spacial score (nSPS) is 18.0. The van der Waals surface area contributed by atoms with Crippen LogP contribution >= 0.6 is 0 Å². The van der Waals surface area contributed by atoms with Gasteiger partial charge in [-0.05, 0) is 50.1 Å². The van der Waals surface area contributed by atoms with Crippen molar-refractivity contribution in [1.29, 1.82) is 0 Å². The Balaban J connectivity index is 1.68. The number of carbonyl (C=O) groups excluding carboxylic acids is 1. The van der Waals surface area contributed by atoms with Gasteiger partial charge >= 0.3 is 0 Å². The van der Waals surface area contributed by atoms with Crippen molar-refractivity contribution in [3.8, 4) is 0 Å². The van der Waals surface area contributed by atoms with E-state index in [-0.39, 0.29) is 5.92 Å². The van der Waals surface area contributed by atoms with Crippen LogP contribution in [0.25, 0.3) is 0 Å². The van der Waals surface area contributed by atoms with Gasteiger partial charge in [-0.1, -0.05) is 34.1 Å². The van der Waals surface area contributed by atoms with Crippen LogP contribution < -0.4 is 0 Å². The van der Waals surface area contributed by atoms with E-state index >= 15 is 0 Å². The fourth-order valence-corrected chi connectivity index (χ4v) is 3.74. The van der Waals surface area contributed by atoms with Crippen molar-refractivity contribution in [1.82, 2.24) is 14.7 Å². The summed E-state index contributed by atoms with van der Waals surface area (Å²) in [5.74, 6) is 1.22. The molecule has 4 heteroatoms. The highest BCUT2D eigenvalue weighted by Crippen LogP contribution is 2.25. The molecule has 0 spiro atoms. The van der Waals surface area contributed by atoms with E-state index in [0.29, 0.717) is 17.7 Å². The maximum Gasteiger partial charge on any atom is 0.135 e. The van der Waals surface area contributed by atoms with E-state index in [2.05, 4.69) is 40.9 Å². The first kappa shape index (κ1) is 20.2. The predicted molar refractivity (Wildman–Crippen MR) is 104 cm³/mol. The van der Waals surface area contributed by atoms with Gasteiger partial charge in [0.25, 0.3) is 0 Å². The lowest BCUT2D eigenvalue weighted by Gasteiger charge is -2.32. The second kappa shape index (κ2) is 10.1. The van der Waals surface area contributed by atoms with E-state index in [1.165, 1.54) is 31.2 Å². The smallest absolute Gasteiger partial charge is 0.135 e. The lowest BCUT2D eigenvalue weighted by Crippen LogP contribution is -2.35. The Morgan fingerprint density at radius 2 is 1.96 bits per heavy atom. The number of nitrogens with zero attached hydrogens (tertiary/aromatic N) is 3. The highest BCUT2D eigenvalue weighted by atomic mass is 16.1. The van der Waals surface area contributed by atoms with Crippen molar-refractivity contribution in [2.24, 2.45) is 5.92 Å². The van der Waals surface area contributed by atoms with Crippen LogP contribution in [-0.2, 0) is 4.79 Å². The van der Waals surface area contributed by atoms with Gasteiger partial charge in [-0.3, -0.25) is 9.48 Å². The third-order valence-electron chi connectivity index (χ3n) is 5.63. The molecule has 0 saturated carbocycles. The maximum atomic E-state index is 11.7. The van der Waals surface area contributed by atoms with Gasteiger partial charge in [0.05, 0.1) is 12.2 Å². The number of hydrogen-bond donors (Lipinski definition) is 0. The van der Waals surface area contributed by atoms with Gasteiger partial charge in [0.15, 0.2) is 0 Å². The SMILES string of the molecule is CCCC(C)c1cnn(C2CCN(CCCCC(=O)C(C)C)CC2)c1. The van der Waals surface area contributed by atoms with Crippen LogP contribution in [0.15, 0.2) is 12.4 Å². The Hall–Kier alpha value is -1.16. The molecule has 1 fully saturated rings. The summed E-state index contributed by atoms with van der Waals surface area (Å²) < 4.78 is 2.21. The van der Waals surface area contributed by atoms with Crippen molar-refractivity contribution < 1.29 is 4.79 Å². The Morgan fingerprint density at radius 3 is 2.60 bits per heavy atom. The zero-order chi connectivity index (χ0) is 18.2. The van der Waals surface area contributed by atoms with Gasteiger partial charge < -0.3 is 4.90 Å². The summed E-state index contributed by atoms with van der Waals surface area (Å²) in [6.07, 6.45) is 12.1. The average molecular weight is 348 g/mol. The summed E-state index contributed by atoms with van der Waals surface area (Å²) in [6, 6.07) is 0.557. The van der Waals surface area contributed by atoms with Crippen molar-refractivity contribution in [2.45, 2.75) is 84.6 Å². The van der Waals surface area contributed by atoms with Gasteiger partial charge in [0.2, 0.25) is 0 Å². The van der Waals surface area contributed by atoms with Crippen LogP contribution in [0.1, 0.15) is 90.2 Å². The number of Topliss-reactive ketones (excluding diaryl/α,β-unsaturated/α-hetero) is 1. The zero-order valence-corrected chi connectivity index (χ0v) is 16.7. The highest BCUT2D eigenvalue weighted by Gasteiger charge is 2.21. The third kappa shape index (κ3) is 6.25. The minimum absolute atomic E-state index is 0.190. The minimum atomic E-state index is 0.190. The van der Waals surface area contributed by atoms with E-state index in [9.17, 15) is 4.79 Å². The van der Waals surface area contributed by atoms with Gasteiger partial charge in [-0.25, -0.2) is 0 Å². The van der Waals surface area contributed by atoms with Crippen molar-refractivity contribution in [3.05, 3.63) is 18.0 Å². The molecule has 1 unspecified atom stereocenters. The van der Waals surface area contributed by atoms with E-state index in [4.69, 9.17) is 0 Å². The summed E-state index contributed by atoms with van der Waals surface area (Å²) in [5.41, 5.74) is 1.39. The summed E-state index contributed by atoms with van der Waals surface area (Å²) in [4.78, 5) is 14.2. The van der Waals surface area contributed by atoms with Crippen LogP contribution in [0.3, 0.4) is 0 Å². The fourth-order valence-electron chi connectivity index (χ4n) is 3.74. The molecule has 4 nitrogen and oxygen atoms in total. The first-order valence-corrected chi connectivity index (χ1v) is 10.3. The predicted octanol–water partition coefficient (Wildman–Crippen LogP) is 4.82. The first-order valence-electron chi connectivity index (χ1n) is 10.3. The van der Waals surface area contributed by atoms with Crippen LogP contribution in [0, 0.1) is 5.92 Å². The molecule has 25 heavy (non-hydrogen) atoms. The Morgan fingerprint density at radius 1 is 1.24 bits per heavy atom. The number of piperidine rings is 1. The van der Waals surface area contributed by atoms with Gasteiger partial charge in [-0.2, -0.15) is 5.10 Å². The number of aromatic nitrogens is 2. The molecule has 2 heterocycles. The summed E-state index contributed by atoms with van der Waals surface area (Å²) >= 11 is 0. The number of rotatable bonds is 10. The molecule has 142 valence electrons. The molecule has 2 rings (SSSR count). The zero-order valence-electron chi connectivity index (χ0n) is 16.7. The number of ketones is 1. The van der Waals surface area contributed by atoms with Crippen LogP contribution in [0.4, 0.5) is 0 Å². The van der Waals surface area contributed by atoms with Crippen LogP contribution in [0.2, 0.25) is 0 Å². The monoisotopic (exact) mass is 347 g/mol. The average Bonchev–Trinajstić information content (AvgIpc) is 3.09. The van der Waals surface area contributed by atoms with Crippen molar-refractivity contribution in [3.63, 3.8) is 0 Å². The van der Waals surface area contributed by atoms with E-state index in [1.54, 1.807) is 0 Å². The molecule has 1 atom stereocenters. The maximum absolute atomic E-state index is 11.7. The molecule has 0 bridgehead atoms.